The zero-order valence-electron chi connectivity index (χ0n) is 15.2. The summed E-state index contributed by atoms with van der Waals surface area (Å²) in [6, 6.07) is 14.0. The number of aryl methyl sites for hydroxylation is 1. The van der Waals surface area contributed by atoms with Crippen LogP contribution in [0.3, 0.4) is 0 Å². The zero-order valence-corrected chi connectivity index (χ0v) is 15.2. The molecule has 1 aliphatic heterocycles. The van der Waals surface area contributed by atoms with Crippen LogP contribution >= 0.6 is 0 Å². The summed E-state index contributed by atoms with van der Waals surface area (Å²) >= 11 is 0. The normalized spacial score (nSPS) is 20.9. The highest BCUT2D eigenvalue weighted by Crippen LogP contribution is 2.44. The number of carbonyl (C=O) groups is 1. The molecule has 0 aromatic heterocycles. The highest BCUT2D eigenvalue weighted by atomic mass is 16.5. The summed E-state index contributed by atoms with van der Waals surface area (Å²) in [4.78, 5) is 12.3. The highest BCUT2D eigenvalue weighted by molar-refractivity contribution is 6.06. The molecule has 0 saturated heterocycles. The molecule has 0 spiro atoms. The summed E-state index contributed by atoms with van der Waals surface area (Å²) in [5, 5.41) is 6.38. The van der Waals surface area contributed by atoms with Gasteiger partial charge in [-0.05, 0) is 54.3 Å². The maximum absolute atomic E-state index is 12.3. The van der Waals surface area contributed by atoms with Crippen molar-refractivity contribution in [3.05, 3.63) is 59.2 Å². The molecule has 0 N–H and O–H groups in total. The molecule has 2 aliphatic rings. The Hall–Kier alpha value is -2.82. The van der Waals surface area contributed by atoms with Gasteiger partial charge in [-0.2, -0.15) is 5.10 Å². The Morgan fingerprint density at radius 3 is 2.42 bits per heavy atom. The third kappa shape index (κ3) is 2.64. The van der Waals surface area contributed by atoms with Crippen molar-refractivity contribution in [3.8, 4) is 11.5 Å². The van der Waals surface area contributed by atoms with E-state index in [2.05, 4.69) is 12.1 Å². The van der Waals surface area contributed by atoms with Crippen molar-refractivity contribution in [2.24, 2.45) is 11.0 Å². The van der Waals surface area contributed by atoms with Gasteiger partial charge in [0.2, 0.25) is 5.91 Å². The number of rotatable bonds is 3. The summed E-state index contributed by atoms with van der Waals surface area (Å²) in [5.41, 5.74) is 4.45. The summed E-state index contributed by atoms with van der Waals surface area (Å²) in [6.07, 6.45) is 1.91. The number of hydrazone groups is 1. The van der Waals surface area contributed by atoms with Crippen molar-refractivity contribution >= 4 is 11.6 Å². The van der Waals surface area contributed by atoms with E-state index in [1.54, 1.807) is 26.2 Å². The molecule has 1 aliphatic carbocycles. The van der Waals surface area contributed by atoms with Gasteiger partial charge in [-0.1, -0.05) is 12.1 Å². The lowest BCUT2D eigenvalue weighted by molar-refractivity contribution is -0.131. The fraction of sp³-hybridized carbons (Fsp3) is 0.333. The second-order valence-electron chi connectivity index (χ2n) is 6.74. The standard InChI is InChI=1S/C21H22N2O3/c1-13(24)23-21(14-4-7-16(25-2)8-5-14)19-10-6-15-12-17(26-3)9-11-18(15)20(19)22-23/h4-5,7-9,11-12,19,21H,6,10H2,1-3H3/t19-,21-/m1/s1. The largest absolute Gasteiger partial charge is 0.497 e. The Kier molecular flexibility index (Phi) is 4.15. The van der Waals surface area contributed by atoms with Gasteiger partial charge in [0.1, 0.15) is 11.5 Å². The van der Waals surface area contributed by atoms with Crippen molar-refractivity contribution in [2.75, 3.05) is 14.2 Å². The molecule has 26 heavy (non-hydrogen) atoms. The fourth-order valence-electron chi connectivity index (χ4n) is 4.03. The quantitative estimate of drug-likeness (QED) is 0.850. The maximum atomic E-state index is 12.3. The Bertz CT molecular complexity index is 873. The second kappa shape index (κ2) is 6.48. The molecule has 5 nitrogen and oxygen atoms in total. The Morgan fingerprint density at radius 1 is 1.08 bits per heavy atom. The van der Waals surface area contributed by atoms with Crippen molar-refractivity contribution in [2.45, 2.75) is 25.8 Å². The molecule has 0 radical (unpaired) electrons. The van der Waals surface area contributed by atoms with E-state index in [4.69, 9.17) is 14.6 Å². The topological polar surface area (TPSA) is 51.1 Å². The van der Waals surface area contributed by atoms with Crippen LogP contribution in [0.25, 0.3) is 0 Å². The van der Waals surface area contributed by atoms with E-state index in [1.165, 1.54) is 5.56 Å². The van der Waals surface area contributed by atoms with Crippen LogP contribution < -0.4 is 9.47 Å². The minimum atomic E-state index is -0.0661. The lowest BCUT2D eigenvalue weighted by Gasteiger charge is -2.29. The number of carbonyl (C=O) groups excluding carboxylic acids is 1. The minimum Gasteiger partial charge on any atom is -0.497 e. The van der Waals surface area contributed by atoms with E-state index < -0.39 is 0 Å². The lowest BCUT2D eigenvalue weighted by atomic mass is 9.77. The van der Waals surface area contributed by atoms with Gasteiger partial charge < -0.3 is 9.47 Å². The molecule has 0 saturated carbocycles. The number of fused-ring (bicyclic) bond motifs is 3. The van der Waals surface area contributed by atoms with Crippen LogP contribution in [0.15, 0.2) is 47.6 Å². The first-order valence-electron chi connectivity index (χ1n) is 8.82. The molecule has 0 fully saturated rings. The van der Waals surface area contributed by atoms with Crippen LogP contribution in [-0.2, 0) is 11.2 Å². The van der Waals surface area contributed by atoms with Gasteiger partial charge in [0, 0.05) is 18.4 Å². The Balaban J connectivity index is 1.75. The van der Waals surface area contributed by atoms with Crippen LogP contribution in [0, 0.1) is 5.92 Å². The van der Waals surface area contributed by atoms with Gasteiger partial charge in [0.25, 0.3) is 0 Å². The molecular weight excluding hydrogens is 328 g/mol. The minimum absolute atomic E-state index is 0.0391. The molecule has 2 atom stereocenters. The van der Waals surface area contributed by atoms with E-state index in [1.807, 2.05) is 30.3 Å². The van der Waals surface area contributed by atoms with Crippen LogP contribution in [0.5, 0.6) is 11.5 Å². The predicted molar refractivity (Wildman–Crippen MR) is 99.6 cm³/mol. The lowest BCUT2D eigenvalue weighted by Crippen LogP contribution is -2.31. The van der Waals surface area contributed by atoms with Gasteiger partial charge in [-0.3, -0.25) is 4.79 Å². The van der Waals surface area contributed by atoms with E-state index in [-0.39, 0.29) is 17.9 Å². The Labute approximate surface area is 153 Å². The molecule has 4 rings (SSSR count). The number of nitrogens with zero attached hydrogens (tertiary/aromatic N) is 2. The smallest absolute Gasteiger partial charge is 0.240 e. The molecule has 2 aromatic rings. The number of hydrogen-bond donors (Lipinski definition) is 0. The zero-order chi connectivity index (χ0) is 18.3. The third-order valence-corrected chi connectivity index (χ3v) is 5.30. The van der Waals surface area contributed by atoms with Crippen molar-refractivity contribution in [1.29, 1.82) is 0 Å². The summed E-state index contributed by atoms with van der Waals surface area (Å²) in [6.45, 7) is 1.58. The van der Waals surface area contributed by atoms with Gasteiger partial charge in [-0.15, -0.1) is 0 Å². The second-order valence-corrected chi connectivity index (χ2v) is 6.74. The van der Waals surface area contributed by atoms with E-state index >= 15 is 0 Å². The molecule has 134 valence electrons. The van der Waals surface area contributed by atoms with Crippen molar-refractivity contribution in [1.82, 2.24) is 5.01 Å². The van der Waals surface area contributed by atoms with Crippen LogP contribution in [0.1, 0.15) is 36.1 Å². The highest BCUT2D eigenvalue weighted by Gasteiger charge is 2.43. The van der Waals surface area contributed by atoms with Crippen molar-refractivity contribution in [3.63, 3.8) is 0 Å². The molecule has 5 heteroatoms. The van der Waals surface area contributed by atoms with E-state index in [9.17, 15) is 4.79 Å². The predicted octanol–water partition coefficient (Wildman–Crippen LogP) is 3.57. The van der Waals surface area contributed by atoms with Crippen molar-refractivity contribution < 1.29 is 14.3 Å². The first-order valence-corrected chi connectivity index (χ1v) is 8.82. The third-order valence-electron chi connectivity index (χ3n) is 5.30. The number of methoxy groups -OCH3 is 2. The van der Waals surface area contributed by atoms with Crippen LogP contribution in [0.2, 0.25) is 0 Å². The van der Waals surface area contributed by atoms with Crippen LogP contribution in [0.4, 0.5) is 0 Å². The number of ether oxygens (including phenoxy) is 2. The SMILES string of the molecule is COc1ccc([C@@H]2[C@@H]3CCc4cc(OC)ccc4C3=NN2C(C)=O)cc1. The average molecular weight is 350 g/mol. The molecule has 2 aromatic carbocycles. The van der Waals surface area contributed by atoms with Gasteiger partial charge >= 0.3 is 0 Å². The summed E-state index contributed by atoms with van der Waals surface area (Å²) in [5.74, 6) is 1.83. The number of amides is 1. The molecular formula is C21H22N2O3. The van der Waals surface area contributed by atoms with Crippen LogP contribution in [-0.4, -0.2) is 30.8 Å². The maximum Gasteiger partial charge on any atom is 0.240 e. The fourth-order valence-corrected chi connectivity index (χ4v) is 4.03. The first kappa shape index (κ1) is 16.6. The summed E-state index contributed by atoms with van der Waals surface area (Å²) < 4.78 is 10.6. The van der Waals surface area contributed by atoms with E-state index in [0.717, 1.165) is 41.2 Å². The van der Waals surface area contributed by atoms with Gasteiger partial charge in [0.15, 0.2) is 0 Å². The molecule has 0 unspecified atom stereocenters. The molecule has 1 heterocycles. The van der Waals surface area contributed by atoms with Gasteiger partial charge in [-0.25, -0.2) is 5.01 Å². The average Bonchev–Trinajstić information content (AvgIpc) is 3.07. The number of hydrogen-bond acceptors (Lipinski definition) is 4. The monoisotopic (exact) mass is 350 g/mol. The molecule has 1 amide bonds. The van der Waals surface area contributed by atoms with Gasteiger partial charge in [0.05, 0.1) is 26.0 Å². The molecule has 0 bridgehead atoms. The Morgan fingerprint density at radius 2 is 1.77 bits per heavy atom. The first-order chi connectivity index (χ1) is 12.6. The van der Waals surface area contributed by atoms with E-state index in [0.29, 0.717) is 0 Å². The summed E-state index contributed by atoms with van der Waals surface area (Å²) in [7, 11) is 3.33. The number of benzene rings is 2.